The number of aromatic nitrogens is 2. The van der Waals surface area contributed by atoms with Crippen LogP contribution in [0.5, 0.6) is 0 Å². The summed E-state index contributed by atoms with van der Waals surface area (Å²) in [5.41, 5.74) is 4.62. The first kappa shape index (κ1) is 20.8. The second-order valence-corrected chi connectivity index (χ2v) is 6.95. The lowest BCUT2D eigenvalue weighted by atomic mass is 10.2. The lowest BCUT2D eigenvalue weighted by Gasteiger charge is -2.12. The monoisotopic (exact) mass is 398 g/mol. The van der Waals surface area contributed by atoms with Gasteiger partial charge in [-0.05, 0) is 55.5 Å². The molecule has 0 radical (unpaired) electrons. The quantitative estimate of drug-likeness (QED) is 0.582. The largest absolute Gasteiger partial charge is 0.339 e. The maximum atomic E-state index is 14.3. The van der Waals surface area contributed by atoms with E-state index in [1.165, 1.54) is 6.07 Å². The van der Waals surface area contributed by atoms with Crippen LogP contribution >= 0.6 is 0 Å². The number of hydrogen-bond donors (Lipinski definition) is 2. The van der Waals surface area contributed by atoms with Gasteiger partial charge >= 0.3 is 0 Å². The number of nitrogens with one attached hydrogen (secondary N) is 2. The van der Waals surface area contributed by atoms with Gasteiger partial charge in [-0.15, -0.1) is 0 Å². The topological polar surface area (TPSA) is 68.2 Å². The molecule has 0 atom stereocenters. The predicted octanol–water partition coefficient (Wildman–Crippen LogP) is 4.86. The number of carbonyl (C=O) groups is 1. The van der Waals surface area contributed by atoms with Crippen LogP contribution in [-0.2, 0) is 11.9 Å². The molecule has 1 amide bonds. The lowest BCUT2D eigenvalue weighted by molar-refractivity contribution is 0.0272. The Hall–Kier alpha value is -2.93. The van der Waals surface area contributed by atoms with Crippen LogP contribution in [0.25, 0.3) is 11.0 Å². The van der Waals surface area contributed by atoms with Gasteiger partial charge in [-0.25, -0.2) is 14.9 Å². The van der Waals surface area contributed by atoms with Crippen molar-refractivity contribution in [2.24, 2.45) is 13.0 Å². The van der Waals surface area contributed by atoms with E-state index >= 15 is 0 Å². The Morgan fingerprint density at radius 2 is 2.07 bits per heavy atom. The number of aryl methyl sites for hydroxylation is 2. The van der Waals surface area contributed by atoms with E-state index in [0.29, 0.717) is 40.6 Å². The molecule has 29 heavy (non-hydrogen) atoms. The summed E-state index contributed by atoms with van der Waals surface area (Å²) < 4.78 is 16.1. The zero-order valence-electron chi connectivity index (χ0n) is 17.3. The van der Waals surface area contributed by atoms with Gasteiger partial charge in [0.2, 0.25) is 0 Å². The van der Waals surface area contributed by atoms with Crippen LogP contribution in [0.15, 0.2) is 36.5 Å². The number of benzene rings is 1. The second kappa shape index (κ2) is 9.05. The van der Waals surface area contributed by atoms with Crippen LogP contribution in [-0.4, -0.2) is 22.1 Å². The van der Waals surface area contributed by atoms with E-state index in [4.69, 9.17) is 4.84 Å². The molecule has 6 nitrogen and oxygen atoms in total. The van der Waals surface area contributed by atoms with Crippen molar-refractivity contribution in [2.75, 3.05) is 11.9 Å². The van der Waals surface area contributed by atoms with Crippen LogP contribution < -0.4 is 10.8 Å². The number of hydrogen-bond acceptors (Lipinski definition) is 4. The molecule has 0 unspecified atom stereocenters. The fourth-order valence-corrected chi connectivity index (χ4v) is 3.05. The molecule has 1 fully saturated rings. The van der Waals surface area contributed by atoms with Gasteiger partial charge in [0.1, 0.15) is 17.3 Å². The van der Waals surface area contributed by atoms with Crippen LogP contribution in [0, 0.1) is 18.7 Å². The first-order valence-electron chi connectivity index (χ1n) is 9.93. The van der Waals surface area contributed by atoms with Crippen molar-refractivity contribution in [3.05, 3.63) is 53.5 Å². The van der Waals surface area contributed by atoms with Crippen molar-refractivity contribution in [2.45, 2.75) is 33.6 Å². The Bertz CT molecular complexity index is 1010. The summed E-state index contributed by atoms with van der Waals surface area (Å²) in [5, 5.41) is 3.72. The Balaban J connectivity index is 0.00000117. The van der Waals surface area contributed by atoms with Gasteiger partial charge in [0, 0.05) is 18.6 Å². The Morgan fingerprint density at radius 1 is 1.31 bits per heavy atom. The Morgan fingerprint density at radius 3 is 2.76 bits per heavy atom. The molecule has 2 heterocycles. The van der Waals surface area contributed by atoms with Gasteiger partial charge in [0.25, 0.3) is 5.91 Å². The first-order valence-corrected chi connectivity index (χ1v) is 9.93. The predicted molar refractivity (Wildman–Crippen MR) is 113 cm³/mol. The molecule has 2 aromatic heterocycles. The number of nitrogens with zero attached hydrogens (tertiary/aromatic N) is 2. The molecular weight excluding hydrogens is 371 g/mol. The van der Waals surface area contributed by atoms with Crippen molar-refractivity contribution < 1.29 is 14.0 Å². The molecule has 3 aromatic rings. The Labute approximate surface area is 170 Å². The number of fused-ring (bicyclic) bond motifs is 1. The number of pyridine rings is 1. The SMILES string of the molecule is CC.Cc1ccc(Nc2c(C(=O)NOCC3CC3)c3cccnc3n2C)c(F)c1. The molecule has 0 saturated heterocycles. The van der Waals surface area contributed by atoms with Gasteiger partial charge in [0.15, 0.2) is 0 Å². The molecule has 1 aliphatic carbocycles. The van der Waals surface area contributed by atoms with Gasteiger partial charge < -0.3 is 9.88 Å². The number of anilines is 2. The van der Waals surface area contributed by atoms with Gasteiger partial charge in [-0.1, -0.05) is 19.9 Å². The standard InChI is InChI=1S/C20H21FN4O2.C2H6/c1-12-5-8-16(15(21)10-12)23-19-17(20(26)24-27-11-13-6-7-13)14-4-3-9-22-18(14)25(19)2;1-2/h3-5,8-10,13,23H,6-7,11H2,1-2H3,(H,24,26);1-2H3. The molecular formula is C22H27FN4O2. The average molecular weight is 398 g/mol. The smallest absolute Gasteiger partial charge is 0.279 e. The maximum absolute atomic E-state index is 14.3. The third-order valence-electron chi connectivity index (χ3n) is 4.73. The van der Waals surface area contributed by atoms with Crippen LogP contribution in [0.1, 0.15) is 42.6 Å². The van der Waals surface area contributed by atoms with Crippen LogP contribution in [0.2, 0.25) is 0 Å². The summed E-state index contributed by atoms with van der Waals surface area (Å²) in [5.74, 6) is 0.214. The minimum absolute atomic E-state index is 0.291. The van der Waals surface area contributed by atoms with E-state index in [2.05, 4.69) is 15.8 Å². The van der Waals surface area contributed by atoms with Crippen molar-refractivity contribution in [3.8, 4) is 0 Å². The highest BCUT2D eigenvalue weighted by Gasteiger charge is 2.25. The third kappa shape index (κ3) is 4.56. The summed E-state index contributed by atoms with van der Waals surface area (Å²) in [6.07, 6.45) is 3.92. The number of rotatable bonds is 6. The van der Waals surface area contributed by atoms with Gasteiger partial charge in [-0.3, -0.25) is 9.63 Å². The highest BCUT2D eigenvalue weighted by molar-refractivity contribution is 6.11. The molecule has 7 heteroatoms. The second-order valence-electron chi connectivity index (χ2n) is 6.95. The highest BCUT2D eigenvalue weighted by Crippen LogP contribution is 2.32. The molecule has 154 valence electrons. The number of amides is 1. The molecule has 0 aliphatic heterocycles. The van der Waals surface area contributed by atoms with E-state index in [1.807, 2.05) is 32.9 Å². The number of hydroxylamine groups is 1. The zero-order chi connectivity index (χ0) is 21.0. The van der Waals surface area contributed by atoms with Crippen LogP contribution in [0.3, 0.4) is 0 Å². The molecule has 0 bridgehead atoms. The summed E-state index contributed by atoms with van der Waals surface area (Å²) in [6, 6.07) is 8.49. The molecule has 0 spiro atoms. The molecule has 4 rings (SSSR count). The first-order chi connectivity index (χ1) is 14.0. The van der Waals surface area contributed by atoms with E-state index < -0.39 is 0 Å². The van der Waals surface area contributed by atoms with Crippen molar-refractivity contribution in [3.63, 3.8) is 0 Å². The third-order valence-corrected chi connectivity index (χ3v) is 4.73. The van der Waals surface area contributed by atoms with E-state index in [0.717, 1.165) is 18.4 Å². The molecule has 1 aromatic carbocycles. The summed E-state index contributed by atoms with van der Waals surface area (Å²) in [7, 11) is 1.78. The van der Waals surface area contributed by atoms with E-state index in [1.54, 1.807) is 29.9 Å². The van der Waals surface area contributed by atoms with E-state index in [9.17, 15) is 9.18 Å². The fourth-order valence-electron chi connectivity index (χ4n) is 3.05. The minimum Gasteiger partial charge on any atom is -0.339 e. The number of carbonyl (C=O) groups excluding carboxylic acids is 1. The highest BCUT2D eigenvalue weighted by atomic mass is 19.1. The molecule has 1 aliphatic rings. The number of halogens is 1. The molecule has 1 saturated carbocycles. The Kier molecular flexibility index (Phi) is 6.49. The lowest BCUT2D eigenvalue weighted by Crippen LogP contribution is -2.25. The van der Waals surface area contributed by atoms with Crippen LogP contribution in [0.4, 0.5) is 15.9 Å². The maximum Gasteiger partial charge on any atom is 0.279 e. The fraction of sp³-hybridized carbons (Fsp3) is 0.364. The van der Waals surface area contributed by atoms with Crippen molar-refractivity contribution in [1.82, 2.24) is 15.0 Å². The zero-order valence-corrected chi connectivity index (χ0v) is 17.3. The minimum atomic E-state index is -0.385. The summed E-state index contributed by atoms with van der Waals surface area (Å²) in [4.78, 5) is 22.5. The normalized spacial score (nSPS) is 13.0. The van der Waals surface area contributed by atoms with Gasteiger partial charge in [0.05, 0.1) is 17.9 Å². The van der Waals surface area contributed by atoms with Crippen molar-refractivity contribution >= 4 is 28.4 Å². The summed E-state index contributed by atoms with van der Waals surface area (Å²) >= 11 is 0. The van der Waals surface area contributed by atoms with E-state index in [-0.39, 0.29) is 11.7 Å². The summed E-state index contributed by atoms with van der Waals surface area (Å²) in [6.45, 7) is 6.33. The average Bonchev–Trinajstić information content (AvgIpc) is 3.50. The van der Waals surface area contributed by atoms with Gasteiger partial charge in [-0.2, -0.15) is 0 Å². The van der Waals surface area contributed by atoms with Crippen molar-refractivity contribution in [1.29, 1.82) is 0 Å². The molecule has 2 N–H and O–H groups in total.